The van der Waals surface area contributed by atoms with Crippen LogP contribution in [0.5, 0.6) is 0 Å². The summed E-state index contributed by atoms with van der Waals surface area (Å²) in [7, 11) is -1.85. The quantitative estimate of drug-likeness (QED) is 0.709. The molecule has 1 amide bonds. The molecule has 2 aromatic rings. The van der Waals surface area contributed by atoms with Gasteiger partial charge in [-0.1, -0.05) is 11.6 Å². The van der Waals surface area contributed by atoms with E-state index in [-0.39, 0.29) is 10.9 Å². The fraction of sp³-hybridized carbons (Fsp3) is 0.438. The Labute approximate surface area is 161 Å². The number of pyridine rings is 1. The average Bonchev–Trinajstić information content (AvgIpc) is 3.00. The van der Waals surface area contributed by atoms with Crippen molar-refractivity contribution in [1.82, 2.24) is 20.1 Å². The molecule has 2 atom stereocenters. The molecule has 6 nitrogen and oxygen atoms in total. The molecule has 0 saturated heterocycles. The lowest BCUT2D eigenvalue weighted by molar-refractivity contribution is -0.129. The summed E-state index contributed by atoms with van der Waals surface area (Å²) in [6.45, 7) is 2.02. The van der Waals surface area contributed by atoms with Crippen molar-refractivity contribution in [3.05, 3.63) is 41.4 Å². The van der Waals surface area contributed by atoms with E-state index >= 15 is 0 Å². The minimum atomic E-state index is -4.40. The molecule has 0 aliphatic rings. The summed E-state index contributed by atoms with van der Waals surface area (Å²) in [4.78, 5) is 16.4. The fourth-order valence-electron chi connectivity index (χ4n) is 2.32. The van der Waals surface area contributed by atoms with Gasteiger partial charge >= 0.3 is 6.18 Å². The Bertz CT molecular complexity index is 799. The molecule has 0 fully saturated rings. The van der Waals surface area contributed by atoms with Crippen molar-refractivity contribution in [1.29, 1.82) is 0 Å². The third-order valence-electron chi connectivity index (χ3n) is 3.61. The number of alkyl halides is 3. The van der Waals surface area contributed by atoms with E-state index in [1.807, 2.05) is 0 Å². The zero-order valence-corrected chi connectivity index (χ0v) is 15.9. The van der Waals surface area contributed by atoms with Gasteiger partial charge in [-0.3, -0.25) is 14.0 Å². The molecule has 2 aromatic heterocycles. The number of nitrogens with one attached hydrogen (secondary N) is 1. The van der Waals surface area contributed by atoms with Crippen LogP contribution in [0.15, 0.2) is 30.7 Å². The first kappa shape index (κ1) is 21.4. The van der Waals surface area contributed by atoms with Crippen LogP contribution in [-0.2, 0) is 15.6 Å². The van der Waals surface area contributed by atoms with Gasteiger partial charge in [0.1, 0.15) is 0 Å². The summed E-state index contributed by atoms with van der Waals surface area (Å²) in [5, 5.41) is 6.73. The van der Waals surface area contributed by atoms with Crippen molar-refractivity contribution in [2.24, 2.45) is 0 Å². The van der Waals surface area contributed by atoms with Gasteiger partial charge in [0.2, 0.25) is 5.91 Å². The van der Waals surface area contributed by atoms with Crippen LogP contribution in [0.2, 0.25) is 5.15 Å². The maximum Gasteiger partial charge on any atom is 0.390 e. The normalized spacial score (nSPS) is 14.0. The van der Waals surface area contributed by atoms with Crippen LogP contribution in [0.1, 0.15) is 24.8 Å². The van der Waals surface area contributed by atoms with Gasteiger partial charge in [0.15, 0.2) is 5.15 Å². The van der Waals surface area contributed by atoms with Crippen molar-refractivity contribution in [3.63, 3.8) is 0 Å². The van der Waals surface area contributed by atoms with Crippen LogP contribution >= 0.6 is 11.6 Å². The van der Waals surface area contributed by atoms with Crippen LogP contribution < -0.4 is 5.32 Å². The third-order valence-corrected chi connectivity index (χ3v) is 5.27. The third kappa shape index (κ3) is 6.31. The largest absolute Gasteiger partial charge is 0.390 e. The molecule has 0 aliphatic heterocycles. The molecule has 0 aromatic carbocycles. The minimum absolute atomic E-state index is 0.0166. The van der Waals surface area contributed by atoms with Gasteiger partial charge in [-0.05, 0) is 19.1 Å². The fourth-order valence-corrected chi connectivity index (χ4v) is 3.91. The summed E-state index contributed by atoms with van der Waals surface area (Å²) < 4.78 is 50.6. The van der Waals surface area contributed by atoms with Crippen LogP contribution in [0.4, 0.5) is 13.2 Å². The van der Waals surface area contributed by atoms with Crippen LogP contribution in [-0.4, -0.2) is 49.1 Å². The SMILES string of the molecule is CCNC(=O)C(CS(=O)CCC(F)(F)F)c1cn(-c2cccnc2)nc1Cl. The van der Waals surface area contributed by atoms with E-state index in [9.17, 15) is 22.2 Å². The van der Waals surface area contributed by atoms with Crippen molar-refractivity contribution in [2.45, 2.75) is 25.4 Å². The monoisotopic (exact) mass is 422 g/mol. The number of hydrogen-bond acceptors (Lipinski definition) is 4. The zero-order valence-electron chi connectivity index (χ0n) is 14.4. The molecule has 0 bridgehead atoms. The van der Waals surface area contributed by atoms with Crippen LogP contribution in [0.25, 0.3) is 5.69 Å². The molecule has 0 radical (unpaired) electrons. The van der Waals surface area contributed by atoms with Crippen LogP contribution in [0.3, 0.4) is 0 Å². The summed E-state index contributed by atoms with van der Waals surface area (Å²) in [6.07, 6.45) is -0.961. The van der Waals surface area contributed by atoms with E-state index in [1.54, 1.807) is 25.3 Å². The Morgan fingerprint density at radius 2 is 2.19 bits per heavy atom. The molecule has 2 rings (SSSR count). The van der Waals surface area contributed by atoms with E-state index in [0.717, 1.165) is 0 Å². The minimum Gasteiger partial charge on any atom is -0.356 e. The molecule has 27 heavy (non-hydrogen) atoms. The van der Waals surface area contributed by atoms with Gasteiger partial charge in [-0.15, -0.1) is 0 Å². The summed E-state index contributed by atoms with van der Waals surface area (Å²) in [6, 6.07) is 3.42. The average molecular weight is 423 g/mol. The number of carbonyl (C=O) groups is 1. The maximum absolute atomic E-state index is 12.4. The lowest BCUT2D eigenvalue weighted by atomic mass is 10.0. The number of rotatable bonds is 8. The van der Waals surface area contributed by atoms with E-state index < -0.39 is 41.0 Å². The second-order valence-corrected chi connectivity index (χ2v) is 7.63. The Balaban J connectivity index is 2.25. The van der Waals surface area contributed by atoms with E-state index in [2.05, 4.69) is 15.4 Å². The van der Waals surface area contributed by atoms with Gasteiger partial charge in [0, 0.05) is 46.8 Å². The highest BCUT2D eigenvalue weighted by Gasteiger charge is 2.31. The first-order valence-electron chi connectivity index (χ1n) is 8.06. The Kier molecular flexibility index (Phi) is 7.37. The highest BCUT2D eigenvalue weighted by Crippen LogP contribution is 2.27. The van der Waals surface area contributed by atoms with Gasteiger partial charge in [0.25, 0.3) is 0 Å². The number of carbonyl (C=O) groups excluding carboxylic acids is 1. The van der Waals surface area contributed by atoms with Crippen LogP contribution in [0, 0.1) is 0 Å². The molecule has 2 heterocycles. The number of halogens is 4. The van der Waals surface area contributed by atoms with E-state index in [4.69, 9.17) is 11.6 Å². The molecule has 0 spiro atoms. The van der Waals surface area contributed by atoms with E-state index in [0.29, 0.717) is 17.8 Å². The summed E-state index contributed by atoms with van der Waals surface area (Å²) >= 11 is 6.16. The van der Waals surface area contributed by atoms with Crippen molar-refractivity contribution in [3.8, 4) is 5.69 Å². The molecule has 0 saturated carbocycles. The number of nitrogens with zero attached hydrogens (tertiary/aromatic N) is 3. The predicted molar refractivity (Wildman–Crippen MR) is 96.3 cm³/mol. The predicted octanol–water partition coefficient (Wildman–Crippen LogP) is 2.84. The first-order chi connectivity index (χ1) is 12.7. The van der Waals surface area contributed by atoms with Gasteiger partial charge in [-0.2, -0.15) is 18.3 Å². The molecule has 148 valence electrons. The van der Waals surface area contributed by atoms with Gasteiger partial charge < -0.3 is 5.32 Å². The first-order valence-corrected chi connectivity index (χ1v) is 9.92. The Morgan fingerprint density at radius 1 is 1.44 bits per heavy atom. The number of hydrogen-bond donors (Lipinski definition) is 1. The number of aromatic nitrogens is 3. The summed E-state index contributed by atoms with van der Waals surface area (Å²) in [5.41, 5.74) is 0.894. The van der Waals surface area contributed by atoms with E-state index in [1.165, 1.54) is 17.1 Å². The summed E-state index contributed by atoms with van der Waals surface area (Å²) in [5.74, 6) is -2.30. The van der Waals surface area contributed by atoms with Gasteiger partial charge in [0.05, 0.1) is 24.2 Å². The molecular weight excluding hydrogens is 405 g/mol. The topological polar surface area (TPSA) is 76.9 Å². The van der Waals surface area contributed by atoms with Crippen molar-refractivity contribution < 1.29 is 22.2 Å². The molecule has 0 aliphatic carbocycles. The second kappa shape index (κ2) is 9.32. The second-order valence-electron chi connectivity index (χ2n) is 5.65. The van der Waals surface area contributed by atoms with Gasteiger partial charge in [-0.25, -0.2) is 4.68 Å². The highest BCUT2D eigenvalue weighted by atomic mass is 35.5. The lowest BCUT2D eigenvalue weighted by Crippen LogP contribution is -2.32. The molecule has 2 unspecified atom stereocenters. The smallest absolute Gasteiger partial charge is 0.356 e. The standard InChI is InChI=1S/C16H18ClF3N4O2S/c1-2-22-15(25)13(10-27(26)7-5-16(18,19)20)12-9-24(23-14(12)17)11-4-3-6-21-8-11/h3-4,6,8-9,13H,2,5,7,10H2,1H3,(H,22,25). The number of amides is 1. The molecular formula is C16H18ClF3N4O2S. The molecule has 11 heteroatoms. The highest BCUT2D eigenvalue weighted by molar-refractivity contribution is 7.85. The van der Waals surface area contributed by atoms with Crippen molar-refractivity contribution >= 4 is 28.3 Å². The van der Waals surface area contributed by atoms with Crippen molar-refractivity contribution in [2.75, 3.05) is 18.1 Å². The lowest BCUT2D eigenvalue weighted by Gasteiger charge is -2.15. The Morgan fingerprint density at radius 3 is 2.78 bits per heavy atom. The zero-order chi connectivity index (χ0) is 20.0. The molecule has 1 N–H and O–H groups in total. The maximum atomic E-state index is 12.4. The Hall–Kier alpha value is -1.94. The number of likely N-dealkylation sites (N-methyl/N-ethyl adjacent to an activating group) is 1.